The SMILES string of the molecule is CC(C)(C)OC(=O)NC1CCC(Cn2cc(C(=O)OCc3ccccc3)cn2)CC1. The Bertz CT molecular complexity index is 834. The molecule has 1 aliphatic carbocycles. The molecule has 1 N–H and O–H groups in total. The normalized spacial score (nSPS) is 19.2. The monoisotopic (exact) mass is 413 g/mol. The minimum Gasteiger partial charge on any atom is -0.457 e. The van der Waals surface area contributed by atoms with E-state index in [1.807, 2.05) is 55.8 Å². The van der Waals surface area contributed by atoms with Gasteiger partial charge in [-0.05, 0) is 57.9 Å². The van der Waals surface area contributed by atoms with E-state index in [2.05, 4.69) is 10.4 Å². The Balaban J connectivity index is 1.41. The maximum absolute atomic E-state index is 12.2. The number of carbonyl (C=O) groups excluding carboxylic acids is 2. The van der Waals surface area contributed by atoms with Crippen LogP contribution in [0.5, 0.6) is 0 Å². The van der Waals surface area contributed by atoms with Crippen molar-refractivity contribution in [2.45, 2.75) is 71.2 Å². The summed E-state index contributed by atoms with van der Waals surface area (Å²) < 4.78 is 12.5. The van der Waals surface area contributed by atoms with E-state index >= 15 is 0 Å². The topological polar surface area (TPSA) is 82.5 Å². The van der Waals surface area contributed by atoms with Crippen molar-refractivity contribution in [3.63, 3.8) is 0 Å². The lowest BCUT2D eigenvalue weighted by Gasteiger charge is -2.30. The number of aromatic nitrogens is 2. The second-order valence-corrected chi connectivity index (χ2v) is 8.88. The van der Waals surface area contributed by atoms with Crippen LogP contribution in [0.15, 0.2) is 42.7 Å². The Morgan fingerprint density at radius 3 is 2.50 bits per heavy atom. The van der Waals surface area contributed by atoms with Crippen LogP contribution in [0.2, 0.25) is 0 Å². The summed E-state index contributed by atoms with van der Waals surface area (Å²) in [7, 11) is 0. The van der Waals surface area contributed by atoms with Gasteiger partial charge in [0.1, 0.15) is 12.2 Å². The number of hydrogen-bond donors (Lipinski definition) is 1. The van der Waals surface area contributed by atoms with Gasteiger partial charge >= 0.3 is 12.1 Å². The van der Waals surface area contributed by atoms with Crippen LogP contribution in [0.25, 0.3) is 0 Å². The van der Waals surface area contributed by atoms with Gasteiger partial charge in [-0.25, -0.2) is 9.59 Å². The molecule has 0 aliphatic heterocycles. The summed E-state index contributed by atoms with van der Waals surface area (Å²) in [4.78, 5) is 24.2. The predicted molar refractivity (Wildman–Crippen MR) is 113 cm³/mol. The number of carbonyl (C=O) groups is 2. The molecule has 0 bridgehead atoms. The molecule has 0 unspecified atom stereocenters. The molecule has 162 valence electrons. The van der Waals surface area contributed by atoms with E-state index in [0.717, 1.165) is 37.8 Å². The molecule has 7 nitrogen and oxygen atoms in total. The van der Waals surface area contributed by atoms with E-state index in [-0.39, 0.29) is 24.7 Å². The van der Waals surface area contributed by atoms with Gasteiger partial charge in [-0.2, -0.15) is 5.10 Å². The number of nitrogens with one attached hydrogen (secondary N) is 1. The summed E-state index contributed by atoms with van der Waals surface area (Å²) in [6.07, 6.45) is 6.77. The summed E-state index contributed by atoms with van der Waals surface area (Å²) in [6, 6.07) is 9.75. The highest BCUT2D eigenvalue weighted by Gasteiger charge is 2.25. The van der Waals surface area contributed by atoms with Crippen LogP contribution in [-0.4, -0.2) is 33.5 Å². The molecule has 3 rings (SSSR count). The molecule has 1 aromatic carbocycles. The zero-order valence-corrected chi connectivity index (χ0v) is 18.0. The van der Waals surface area contributed by atoms with Gasteiger partial charge in [0.05, 0.1) is 11.8 Å². The maximum atomic E-state index is 12.2. The highest BCUT2D eigenvalue weighted by molar-refractivity contribution is 5.88. The maximum Gasteiger partial charge on any atom is 0.407 e. The largest absolute Gasteiger partial charge is 0.457 e. The van der Waals surface area contributed by atoms with Gasteiger partial charge in [-0.15, -0.1) is 0 Å². The Morgan fingerprint density at radius 2 is 1.83 bits per heavy atom. The lowest BCUT2D eigenvalue weighted by molar-refractivity contribution is 0.0468. The molecule has 30 heavy (non-hydrogen) atoms. The van der Waals surface area contributed by atoms with Crippen molar-refractivity contribution in [3.05, 3.63) is 53.9 Å². The van der Waals surface area contributed by atoms with Crippen molar-refractivity contribution in [2.24, 2.45) is 5.92 Å². The number of benzene rings is 1. The fraction of sp³-hybridized carbons (Fsp3) is 0.522. The number of ether oxygens (including phenoxy) is 2. The zero-order valence-electron chi connectivity index (χ0n) is 18.0. The molecule has 1 amide bonds. The summed E-state index contributed by atoms with van der Waals surface area (Å²) in [5, 5.41) is 7.28. The van der Waals surface area contributed by atoms with E-state index in [4.69, 9.17) is 9.47 Å². The third-order valence-electron chi connectivity index (χ3n) is 5.09. The second kappa shape index (κ2) is 9.78. The second-order valence-electron chi connectivity index (χ2n) is 8.88. The van der Waals surface area contributed by atoms with Gasteiger partial charge in [-0.3, -0.25) is 4.68 Å². The molecule has 1 aliphatic rings. The molecule has 1 saturated carbocycles. The molecular formula is C23H31N3O4. The summed E-state index contributed by atoms with van der Waals surface area (Å²) in [5.74, 6) is 0.102. The van der Waals surface area contributed by atoms with E-state index in [9.17, 15) is 9.59 Å². The summed E-state index contributed by atoms with van der Waals surface area (Å²) in [6.45, 7) is 6.59. The lowest BCUT2D eigenvalue weighted by Crippen LogP contribution is -2.41. The van der Waals surface area contributed by atoms with Crippen LogP contribution in [-0.2, 0) is 22.6 Å². The number of esters is 1. The molecule has 7 heteroatoms. The number of amides is 1. The van der Waals surface area contributed by atoms with Crippen molar-refractivity contribution in [2.75, 3.05) is 0 Å². The fourth-order valence-electron chi connectivity index (χ4n) is 3.60. The molecule has 0 radical (unpaired) electrons. The van der Waals surface area contributed by atoms with Crippen molar-refractivity contribution in [1.82, 2.24) is 15.1 Å². The fourth-order valence-corrected chi connectivity index (χ4v) is 3.60. The quantitative estimate of drug-likeness (QED) is 0.713. The van der Waals surface area contributed by atoms with E-state index in [1.54, 1.807) is 12.4 Å². The predicted octanol–water partition coefficient (Wildman–Crippen LogP) is 4.32. The van der Waals surface area contributed by atoms with E-state index in [1.165, 1.54) is 0 Å². The smallest absolute Gasteiger partial charge is 0.407 e. The summed E-state index contributed by atoms with van der Waals surface area (Å²) >= 11 is 0. The van der Waals surface area contributed by atoms with Crippen molar-refractivity contribution < 1.29 is 19.1 Å². The number of nitrogens with zero attached hydrogens (tertiary/aromatic N) is 2. The molecule has 1 aromatic heterocycles. The van der Waals surface area contributed by atoms with Gasteiger partial charge in [0.25, 0.3) is 0 Å². The van der Waals surface area contributed by atoms with Crippen LogP contribution >= 0.6 is 0 Å². The van der Waals surface area contributed by atoms with Gasteiger partial charge in [0.15, 0.2) is 0 Å². The van der Waals surface area contributed by atoms with E-state index < -0.39 is 5.60 Å². The van der Waals surface area contributed by atoms with Crippen LogP contribution < -0.4 is 5.32 Å². The summed E-state index contributed by atoms with van der Waals surface area (Å²) in [5.41, 5.74) is 0.933. The van der Waals surface area contributed by atoms with Gasteiger partial charge in [-0.1, -0.05) is 30.3 Å². The molecule has 0 spiro atoms. The van der Waals surface area contributed by atoms with Crippen LogP contribution in [0.3, 0.4) is 0 Å². The van der Waals surface area contributed by atoms with Crippen LogP contribution in [0.4, 0.5) is 4.79 Å². The van der Waals surface area contributed by atoms with Crippen molar-refractivity contribution in [3.8, 4) is 0 Å². The molecule has 0 saturated heterocycles. The van der Waals surface area contributed by atoms with Crippen molar-refractivity contribution in [1.29, 1.82) is 0 Å². The zero-order chi connectivity index (χ0) is 21.6. The standard InChI is InChI=1S/C23H31N3O4/c1-23(2,3)30-22(28)25-20-11-9-17(10-12-20)14-26-15-19(13-24-26)21(27)29-16-18-7-5-4-6-8-18/h4-8,13,15,17,20H,9-12,14,16H2,1-3H3,(H,25,28). The molecule has 1 heterocycles. The average Bonchev–Trinajstić information content (AvgIpc) is 3.15. The average molecular weight is 414 g/mol. The van der Waals surface area contributed by atoms with Gasteiger partial charge in [0.2, 0.25) is 0 Å². The van der Waals surface area contributed by atoms with Crippen LogP contribution in [0.1, 0.15) is 62.4 Å². The third-order valence-corrected chi connectivity index (χ3v) is 5.09. The Morgan fingerprint density at radius 1 is 1.13 bits per heavy atom. The van der Waals surface area contributed by atoms with Crippen LogP contribution in [0, 0.1) is 5.92 Å². The first-order chi connectivity index (χ1) is 14.3. The molecular weight excluding hydrogens is 382 g/mol. The lowest BCUT2D eigenvalue weighted by atomic mass is 9.86. The number of alkyl carbamates (subject to hydrolysis) is 1. The first-order valence-corrected chi connectivity index (χ1v) is 10.5. The third kappa shape index (κ3) is 6.90. The Kier molecular flexibility index (Phi) is 7.13. The van der Waals surface area contributed by atoms with Gasteiger partial charge in [0, 0.05) is 18.8 Å². The first-order valence-electron chi connectivity index (χ1n) is 10.5. The molecule has 2 aromatic rings. The minimum absolute atomic E-state index is 0.150. The first kappa shape index (κ1) is 21.9. The number of rotatable bonds is 6. The Hall–Kier alpha value is -2.83. The van der Waals surface area contributed by atoms with Gasteiger partial charge < -0.3 is 14.8 Å². The number of hydrogen-bond acceptors (Lipinski definition) is 5. The van der Waals surface area contributed by atoms with Crippen molar-refractivity contribution >= 4 is 12.1 Å². The molecule has 1 fully saturated rings. The highest BCUT2D eigenvalue weighted by atomic mass is 16.6. The van der Waals surface area contributed by atoms with E-state index in [0.29, 0.717) is 11.5 Å². The molecule has 0 atom stereocenters. The minimum atomic E-state index is -0.485. The highest BCUT2D eigenvalue weighted by Crippen LogP contribution is 2.26. The Labute approximate surface area is 177 Å².